The van der Waals surface area contributed by atoms with E-state index < -0.39 is 137 Å². The van der Waals surface area contributed by atoms with Gasteiger partial charge < -0.3 is 80.3 Å². The van der Waals surface area contributed by atoms with Crippen LogP contribution in [0.5, 0.6) is 0 Å². The Kier molecular flexibility index (Phi) is 18.1. The average Bonchev–Trinajstić information content (AvgIpc) is 3.41. The van der Waals surface area contributed by atoms with Crippen LogP contribution in [0.3, 0.4) is 0 Å². The van der Waals surface area contributed by atoms with Crippen LogP contribution in [0.4, 0.5) is 17.8 Å². The lowest BCUT2D eigenvalue weighted by Crippen LogP contribution is -2.36. The van der Waals surface area contributed by atoms with E-state index in [9.17, 15) is 58.8 Å². The SMILES string of the molecule is C=CCn1c(=O)n([C@@H]2O[C@H](CO)[C@@H](O)[C@H]2O)c2nc(N)[nH]c(=O)c21.C=CCn1c(=O)n([C@@H]2O[C@H](CO)[C@H]3OC(C)(C)OC23)c2nc(N)[nH]c(=O)c21.C=CCn1c(=O)n([C@@H]2O[C@H](COC(=O)[C@@H](CC(C)=O)C(C)C)[C@H]3OC(C)(C)OC23)c2nc(N)[nH]c(=O)c21. The fourth-order valence-corrected chi connectivity index (χ4v) is 11.5. The molecule has 5 fully saturated rings. The lowest BCUT2D eigenvalue weighted by molar-refractivity contribution is -0.203. The van der Waals surface area contributed by atoms with Gasteiger partial charge in [-0.3, -0.25) is 47.8 Å². The van der Waals surface area contributed by atoms with Crippen molar-refractivity contribution in [3.8, 4) is 0 Å². The highest BCUT2D eigenvalue weighted by Gasteiger charge is 2.58. The standard InChI is InChI=1S/C24H33N5O8.C16H21N5O6.C13H17N5O6/c1-7-8-28-15-18(26-22(25)27-19(15)31)29(23(28)33)20-17-16(36-24(5,6)37-17)14(35-20)10-34-21(32)13(11(2)3)9-12(4)30;1-4-5-20-8-11(18-14(17)19-12(8)23)21(15(20)24)13-10-9(7(6-22)25-13)26-16(2,3)27-10;1-2-3-17-6-9(15-12(14)16-10(6)22)18(13(17)23)11-8(21)7(20)5(4-19)24-11/h7,11,13-14,16-17,20H,1,8-10H2,2-6H3,(H3,25,26,27,31);4,7,9-10,13,22H,1,5-6H2,2-3H3,(H3,17,18,19,23);2,5,7-8,11,19-21H,1,3-4H2,(H3,14,15,16,22)/t13-,14+,16+,17?,20+;7-,9-,10?,13-;5-,7-,8-,11-/m011/s1. The first-order chi connectivity index (χ1) is 41.5. The number of nitrogens with zero attached hydrogens (tertiary/aromatic N) is 9. The molecule has 478 valence electrons. The molecule has 0 bridgehead atoms. The first kappa shape index (κ1) is 64.2. The zero-order valence-electron chi connectivity index (χ0n) is 49.0. The smallest absolute Gasteiger partial charge is 0.333 e. The molecular formula is C53H71N15O20. The summed E-state index contributed by atoms with van der Waals surface area (Å²) in [6.45, 7) is 22.0. The summed E-state index contributed by atoms with van der Waals surface area (Å²) in [6.07, 6.45) is -7.02. The maximum atomic E-state index is 13.5. The number of nitrogen functional groups attached to an aromatic ring is 3. The van der Waals surface area contributed by atoms with Crippen molar-refractivity contribution in [1.29, 1.82) is 0 Å². The molecule has 0 aromatic carbocycles. The van der Waals surface area contributed by atoms with Gasteiger partial charge in [-0.15, -0.1) is 19.7 Å². The van der Waals surface area contributed by atoms with Crippen molar-refractivity contribution in [3.63, 3.8) is 0 Å². The maximum Gasteiger partial charge on any atom is 0.333 e. The summed E-state index contributed by atoms with van der Waals surface area (Å²) >= 11 is 0. The number of anilines is 3. The first-order valence-corrected chi connectivity index (χ1v) is 27.8. The molecule has 6 aromatic heterocycles. The summed E-state index contributed by atoms with van der Waals surface area (Å²) in [6, 6.07) is 0. The van der Waals surface area contributed by atoms with E-state index in [-0.39, 0.29) is 102 Å². The third kappa shape index (κ3) is 11.7. The van der Waals surface area contributed by atoms with E-state index in [4.69, 9.17) is 55.1 Å². The van der Waals surface area contributed by atoms with Crippen LogP contribution >= 0.6 is 0 Å². The number of nitrogens with one attached hydrogen (secondary N) is 3. The Hall–Kier alpha value is -8.23. The molecule has 35 nitrogen and oxygen atoms in total. The fourth-order valence-electron chi connectivity index (χ4n) is 11.5. The van der Waals surface area contributed by atoms with Gasteiger partial charge in [-0.25, -0.2) is 28.1 Å². The van der Waals surface area contributed by atoms with Crippen molar-refractivity contribution in [3.05, 3.63) is 100 Å². The second-order valence-corrected chi connectivity index (χ2v) is 22.6. The number of aliphatic hydroxyl groups excluding tert-OH is 4. The normalized spacial score (nSPS) is 27.0. The number of aromatic nitrogens is 12. The summed E-state index contributed by atoms with van der Waals surface area (Å²) < 4.78 is 53.7. The number of imidazole rings is 3. The Morgan fingerprint density at radius 3 is 1.30 bits per heavy atom. The van der Waals surface area contributed by atoms with E-state index in [1.165, 1.54) is 43.4 Å². The number of fused-ring (bicyclic) bond motifs is 5. The molecule has 5 aliphatic heterocycles. The van der Waals surface area contributed by atoms with Gasteiger partial charge >= 0.3 is 23.0 Å². The minimum atomic E-state index is -1.50. The van der Waals surface area contributed by atoms with Crippen LogP contribution in [0.2, 0.25) is 0 Å². The fraction of sp³-hybridized carbons (Fsp3) is 0.566. The predicted molar refractivity (Wildman–Crippen MR) is 308 cm³/mol. The molecule has 5 aliphatic rings. The number of ether oxygens (including phenoxy) is 8. The summed E-state index contributed by atoms with van der Waals surface area (Å²) in [5.41, 5.74) is 13.4. The Labute approximate surface area is 496 Å². The van der Waals surface area contributed by atoms with Gasteiger partial charge in [0, 0.05) is 26.1 Å². The number of rotatable bonds is 17. The highest BCUT2D eigenvalue weighted by Crippen LogP contribution is 2.45. The van der Waals surface area contributed by atoms with Gasteiger partial charge in [-0.2, -0.15) is 15.0 Å². The molecule has 0 spiro atoms. The minimum absolute atomic E-state index is 0.0105. The second-order valence-electron chi connectivity index (χ2n) is 22.6. The van der Waals surface area contributed by atoms with Crippen molar-refractivity contribution in [1.82, 2.24) is 57.3 Å². The third-order valence-corrected chi connectivity index (χ3v) is 15.1. The van der Waals surface area contributed by atoms with Crippen LogP contribution < -0.4 is 50.9 Å². The zero-order chi connectivity index (χ0) is 64.3. The number of nitrogens with two attached hydrogens (primary N) is 3. The lowest BCUT2D eigenvalue weighted by atomic mass is 9.91. The highest BCUT2D eigenvalue weighted by atomic mass is 16.8. The van der Waals surface area contributed by atoms with Crippen molar-refractivity contribution in [2.24, 2.45) is 11.8 Å². The van der Waals surface area contributed by atoms with Crippen molar-refractivity contribution in [2.75, 3.05) is 37.0 Å². The maximum absolute atomic E-state index is 13.5. The number of hydrogen-bond acceptors (Lipinski definition) is 26. The van der Waals surface area contributed by atoms with Crippen LogP contribution in [0.25, 0.3) is 33.5 Å². The molecule has 0 amide bonds. The third-order valence-electron chi connectivity index (χ3n) is 15.1. The molecule has 88 heavy (non-hydrogen) atoms. The molecule has 5 saturated heterocycles. The topological polar surface area (TPSA) is 485 Å². The van der Waals surface area contributed by atoms with E-state index >= 15 is 0 Å². The van der Waals surface area contributed by atoms with Crippen LogP contribution in [0.1, 0.15) is 73.6 Å². The van der Waals surface area contributed by atoms with Crippen molar-refractivity contribution < 1.29 is 67.9 Å². The van der Waals surface area contributed by atoms with Gasteiger partial charge in [-0.1, -0.05) is 32.1 Å². The Morgan fingerprint density at radius 1 is 0.591 bits per heavy atom. The molecule has 6 aromatic rings. The number of carbonyl (C=O) groups is 2. The number of carbonyl (C=O) groups excluding carboxylic acids is 2. The van der Waals surface area contributed by atoms with Crippen LogP contribution in [-0.4, -0.2) is 176 Å². The van der Waals surface area contributed by atoms with Crippen LogP contribution in [-0.2, 0) is 67.1 Å². The van der Waals surface area contributed by atoms with Gasteiger partial charge in [0.25, 0.3) is 16.7 Å². The van der Waals surface area contributed by atoms with Gasteiger partial charge in [0.15, 0.2) is 63.7 Å². The van der Waals surface area contributed by atoms with Gasteiger partial charge in [0.05, 0.1) is 19.1 Å². The molecule has 11 heterocycles. The first-order valence-electron chi connectivity index (χ1n) is 27.8. The number of H-pyrrole nitrogens is 3. The number of aromatic amines is 3. The van der Waals surface area contributed by atoms with Crippen LogP contribution in [0, 0.1) is 11.8 Å². The minimum Gasteiger partial charge on any atom is -0.463 e. The number of hydrogen-bond donors (Lipinski definition) is 10. The average molecular weight is 1240 g/mol. The Morgan fingerprint density at radius 2 is 0.943 bits per heavy atom. The molecule has 35 heteroatoms. The number of esters is 1. The van der Waals surface area contributed by atoms with Crippen molar-refractivity contribution >= 4 is 63.1 Å². The number of allylic oxidation sites excluding steroid dienone is 3. The second kappa shape index (κ2) is 24.7. The van der Waals surface area contributed by atoms with Crippen molar-refractivity contribution in [2.45, 2.75) is 160 Å². The van der Waals surface area contributed by atoms with E-state index in [1.807, 2.05) is 13.8 Å². The molecule has 11 rings (SSSR count). The number of ketones is 1. The van der Waals surface area contributed by atoms with E-state index in [0.29, 0.717) is 0 Å². The van der Waals surface area contributed by atoms with Crippen LogP contribution in [0.15, 0.2) is 66.7 Å². The summed E-state index contributed by atoms with van der Waals surface area (Å²) in [4.78, 5) is 120. The molecule has 0 radical (unpaired) electrons. The number of aliphatic hydroxyl groups is 4. The molecule has 13 atom stereocenters. The van der Waals surface area contributed by atoms with Gasteiger partial charge in [0.2, 0.25) is 17.8 Å². The zero-order valence-corrected chi connectivity index (χ0v) is 49.0. The van der Waals surface area contributed by atoms with E-state index in [1.54, 1.807) is 27.7 Å². The summed E-state index contributed by atoms with van der Waals surface area (Å²) in [7, 11) is 0. The predicted octanol–water partition coefficient (Wildman–Crippen LogP) is -2.80. The summed E-state index contributed by atoms with van der Waals surface area (Å²) in [5.74, 6) is -3.77. The largest absolute Gasteiger partial charge is 0.463 e. The lowest BCUT2D eigenvalue weighted by Gasteiger charge is -2.25. The quantitative estimate of drug-likeness (QED) is 0.0326. The summed E-state index contributed by atoms with van der Waals surface area (Å²) in [5, 5.41) is 38.9. The molecule has 13 N–H and O–H groups in total. The van der Waals surface area contributed by atoms with Gasteiger partial charge in [0.1, 0.15) is 67.3 Å². The molecule has 2 unspecified atom stereocenters. The monoisotopic (exact) mass is 1240 g/mol. The highest BCUT2D eigenvalue weighted by molar-refractivity contribution is 5.83. The Bertz CT molecular complexity index is 4070. The molecule has 0 aliphatic carbocycles. The van der Waals surface area contributed by atoms with E-state index in [0.717, 1.165) is 9.13 Å². The molecular weight excluding hydrogens is 1170 g/mol. The Balaban J connectivity index is 0.000000162. The number of Topliss-reactive ketones (excluding diaryl/α,β-unsaturated/α-hetero) is 1. The molecule has 0 saturated carbocycles. The van der Waals surface area contributed by atoms with E-state index in [2.05, 4.69) is 49.6 Å². The van der Waals surface area contributed by atoms with Gasteiger partial charge in [-0.05, 0) is 40.5 Å².